The van der Waals surface area contributed by atoms with E-state index in [-0.39, 0.29) is 42.1 Å². The fraction of sp³-hybridized carbons (Fsp3) is 0.263. The van der Waals surface area contributed by atoms with E-state index in [4.69, 9.17) is 4.42 Å². The zero-order valence-electron chi connectivity index (χ0n) is 15.4. The summed E-state index contributed by atoms with van der Waals surface area (Å²) < 4.78 is 33.1. The van der Waals surface area contributed by atoms with Crippen LogP contribution in [0.3, 0.4) is 0 Å². The molecule has 0 aliphatic heterocycles. The average molecular weight is 405 g/mol. The van der Waals surface area contributed by atoms with Crippen LogP contribution in [0.15, 0.2) is 45.6 Å². The molecule has 152 valence electrons. The first-order chi connectivity index (χ1) is 13.8. The molecule has 0 aliphatic carbocycles. The number of carbonyl (C=O) groups excluding carboxylic acids is 1. The smallest absolute Gasteiger partial charge is 0.407 e. The number of hydrogen-bond acceptors (Lipinski definition) is 5. The van der Waals surface area contributed by atoms with E-state index in [9.17, 15) is 28.5 Å². The third-order valence-corrected chi connectivity index (χ3v) is 4.45. The summed E-state index contributed by atoms with van der Waals surface area (Å²) in [4.78, 5) is 34.3. The number of nitro groups is 1. The number of amides is 1. The highest BCUT2D eigenvalue weighted by Crippen LogP contribution is 2.21. The highest BCUT2D eigenvalue weighted by Gasteiger charge is 2.16. The molecule has 8 nitrogen and oxygen atoms in total. The average Bonchev–Trinajstić information content (AvgIpc) is 2.96. The van der Waals surface area contributed by atoms with Gasteiger partial charge in [-0.15, -0.1) is 0 Å². The van der Waals surface area contributed by atoms with Crippen LogP contribution in [0.2, 0.25) is 0 Å². The third-order valence-electron chi connectivity index (χ3n) is 4.45. The van der Waals surface area contributed by atoms with Crippen LogP contribution in [0.25, 0.3) is 11.1 Å². The van der Waals surface area contributed by atoms with Gasteiger partial charge in [0.15, 0.2) is 5.58 Å². The summed E-state index contributed by atoms with van der Waals surface area (Å²) in [6.45, 7) is 1.74. The molecule has 0 saturated carbocycles. The van der Waals surface area contributed by atoms with Gasteiger partial charge in [-0.05, 0) is 25.5 Å². The topological polar surface area (TPSA) is 107 Å². The van der Waals surface area contributed by atoms with Gasteiger partial charge in [0.25, 0.3) is 5.69 Å². The summed E-state index contributed by atoms with van der Waals surface area (Å²) in [7, 11) is 0. The molecule has 0 fully saturated rings. The maximum Gasteiger partial charge on any atom is 0.419 e. The van der Waals surface area contributed by atoms with Gasteiger partial charge in [-0.25, -0.2) is 13.6 Å². The van der Waals surface area contributed by atoms with Crippen molar-refractivity contribution in [2.24, 2.45) is 0 Å². The number of hydrogen-bond donors (Lipinski definition) is 1. The van der Waals surface area contributed by atoms with E-state index in [0.29, 0.717) is 5.52 Å². The van der Waals surface area contributed by atoms with Crippen LogP contribution in [0.5, 0.6) is 0 Å². The number of nitro benzene ring substituents is 1. The van der Waals surface area contributed by atoms with Crippen molar-refractivity contribution in [1.82, 2.24) is 9.88 Å². The minimum atomic E-state index is -0.747. The maximum atomic E-state index is 13.8. The van der Waals surface area contributed by atoms with E-state index >= 15 is 0 Å². The molecule has 1 heterocycles. The summed E-state index contributed by atoms with van der Waals surface area (Å²) in [5, 5.41) is 13.4. The van der Waals surface area contributed by atoms with Gasteiger partial charge < -0.3 is 9.73 Å². The molecule has 0 bridgehead atoms. The lowest BCUT2D eigenvalue weighted by molar-refractivity contribution is -0.384. The van der Waals surface area contributed by atoms with Gasteiger partial charge in [-0.2, -0.15) is 0 Å². The Hall–Kier alpha value is -3.56. The molecular formula is C19H17F2N3O5. The van der Waals surface area contributed by atoms with E-state index in [1.54, 1.807) is 6.92 Å². The molecule has 0 spiro atoms. The number of rotatable bonds is 7. The van der Waals surface area contributed by atoms with Gasteiger partial charge in [-0.3, -0.25) is 19.5 Å². The molecule has 0 saturated heterocycles. The second-order valence-electron chi connectivity index (χ2n) is 6.49. The Bertz CT molecular complexity index is 1140. The van der Waals surface area contributed by atoms with Gasteiger partial charge in [0.1, 0.15) is 11.6 Å². The molecule has 29 heavy (non-hydrogen) atoms. The number of aryl methyl sites for hydroxylation is 1. The molecule has 0 aliphatic rings. The summed E-state index contributed by atoms with van der Waals surface area (Å²) >= 11 is 0. The first kappa shape index (κ1) is 20.2. The molecule has 0 unspecified atom stereocenters. The predicted molar refractivity (Wildman–Crippen MR) is 99.3 cm³/mol. The molecule has 1 atom stereocenters. The van der Waals surface area contributed by atoms with Gasteiger partial charge >= 0.3 is 5.76 Å². The van der Waals surface area contributed by atoms with Crippen molar-refractivity contribution in [3.63, 3.8) is 0 Å². The van der Waals surface area contributed by atoms with Crippen LogP contribution in [0, 0.1) is 21.7 Å². The van der Waals surface area contributed by atoms with Crippen molar-refractivity contribution in [1.29, 1.82) is 0 Å². The molecular weight excluding hydrogens is 388 g/mol. The molecule has 3 rings (SSSR count). The van der Waals surface area contributed by atoms with Crippen molar-refractivity contribution in [2.45, 2.75) is 32.4 Å². The maximum absolute atomic E-state index is 13.8. The summed E-state index contributed by atoms with van der Waals surface area (Å²) in [5.74, 6) is -2.49. The van der Waals surface area contributed by atoms with Crippen molar-refractivity contribution >= 4 is 22.7 Å². The Morgan fingerprint density at radius 3 is 2.72 bits per heavy atom. The predicted octanol–water partition coefficient (Wildman–Crippen LogP) is 3.44. The Labute approximate surface area is 162 Å². The minimum absolute atomic E-state index is 0.0548. The van der Waals surface area contributed by atoms with E-state index in [1.807, 2.05) is 0 Å². The zero-order chi connectivity index (χ0) is 21.1. The molecule has 1 aromatic heterocycles. The van der Waals surface area contributed by atoms with Gasteiger partial charge in [0.2, 0.25) is 5.91 Å². The fourth-order valence-electron chi connectivity index (χ4n) is 3.02. The second-order valence-corrected chi connectivity index (χ2v) is 6.49. The van der Waals surface area contributed by atoms with Crippen LogP contribution in [-0.4, -0.2) is 15.4 Å². The first-order valence-electron chi connectivity index (χ1n) is 8.78. The zero-order valence-corrected chi connectivity index (χ0v) is 15.4. The van der Waals surface area contributed by atoms with Crippen LogP contribution in [0.4, 0.5) is 14.5 Å². The number of nitrogens with one attached hydrogen (secondary N) is 1. The number of nitrogens with zero attached hydrogens (tertiary/aromatic N) is 2. The van der Waals surface area contributed by atoms with E-state index < -0.39 is 28.4 Å². The lowest BCUT2D eigenvalue weighted by Crippen LogP contribution is -2.27. The molecule has 1 amide bonds. The third kappa shape index (κ3) is 4.48. The van der Waals surface area contributed by atoms with Gasteiger partial charge in [-0.1, -0.05) is 6.07 Å². The van der Waals surface area contributed by atoms with Crippen LogP contribution < -0.4 is 11.1 Å². The largest absolute Gasteiger partial charge is 0.419 e. The van der Waals surface area contributed by atoms with Crippen LogP contribution >= 0.6 is 0 Å². The Morgan fingerprint density at radius 2 is 2.03 bits per heavy atom. The van der Waals surface area contributed by atoms with Gasteiger partial charge in [0.05, 0.1) is 22.5 Å². The minimum Gasteiger partial charge on any atom is -0.407 e. The SMILES string of the molecule is C[C@@H](NC(=O)CCCn1c(=O)oc2cc([N+](=O)[O-])ccc21)c1ccc(F)cc1F. The van der Waals surface area contributed by atoms with Crippen LogP contribution in [-0.2, 0) is 11.3 Å². The summed E-state index contributed by atoms with van der Waals surface area (Å²) in [6, 6.07) is 6.32. The Kier molecular flexibility index (Phi) is 5.71. The van der Waals surface area contributed by atoms with Crippen molar-refractivity contribution in [3.8, 4) is 0 Å². The number of aromatic nitrogens is 1. The quantitative estimate of drug-likeness (QED) is 0.479. The molecule has 10 heteroatoms. The fourth-order valence-corrected chi connectivity index (χ4v) is 3.02. The number of oxazole rings is 1. The van der Waals surface area contributed by atoms with Gasteiger partial charge in [0, 0.05) is 30.7 Å². The number of halogens is 2. The number of benzene rings is 2. The highest BCUT2D eigenvalue weighted by molar-refractivity contribution is 5.77. The van der Waals surface area contributed by atoms with E-state index in [1.165, 1.54) is 28.8 Å². The van der Waals surface area contributed by atoms with E-state index in [2.05, 4.69) is 5.32 Å². The monoisotopic (exact) mass is 405 g/mol. The summed E-state index contributed by atoms with van der Waals surface area (Å²) in [6.07, 6.45) is 0.342. The van der Waals surface area contributed by atoms with Crippen LogP contribution in [0.1, 0.15) is 31.4 Å². The van der Waals surface area contributed by atoms with Crippen molar-refractivity contribution in [2.75, 3.05) is 0 Å². The van der Waals surface area contributed by atoms with Crippen molar-refractivity contribution < 1.29 is 22.9 Å². The number of non-ortho nitro benzene ring substituents is 1. The van der Waals surface area contributed by atoms with E-state index in [0.717, 1.165) is 12.1 Å². The Morgan fingerprint density at radius 1 is 1.28 bits per heavy atom. The standard InChI is InChI=1S/C19H17F2N3O5/c1-11(14-6-4-12(20)9-15(14)21)22-18(25)3-2-8-23-16-7-5-13(24(27)28)10-17(16)29-19(23)26/h4-7,9-11H,2-3,8H2,1H3,(H,22,25)/t11-/m1/s1. The lowest BCUT2D eigenvalue weighted by Gasteiger charge is -2.15. The molecule has 0 radical (unpaired) electrons. The first-order valence-corrected chi connectivity index (χ1v) is 8.78. The normalized spacial score (nSPS) is 12.1. The Balaban J connectivity index is 1.61. The van der Waals surface area contributed by atoms with Crippen molar-refractivity contribution in [3.05, 3.63) is 74.3 Å². The number of fused-ring (bicyclic) bond motifs is 1. The highest BCUT2D eigenvalue weighted by atomic mass is 19.1. The molecule has 1 N–H and O–H groups in total. The summed E-state index contributed by atoms with van der Waals surface area (Å²) in [5.41, 5.74) is 0.454. The molecule has 3 aromatic rings. The molecule has 2 aromatic carbocycles. The number of carbonyl (C=O) groups is 1. The second kappa shape index (κ2) is 8.21. The lowest BCUT2D eigenvalue weighted by atomic mass is 10.1.